The minimum Gasteiger partial charge on any atom is -0.478 e. The van der Waals surface area contributed by atoms with Crippen molar-refractivity contribution in [2.24, 2.45) is 5.92 Å². The summed E-state index contributed by atoms with van der Waals surface area (Å²) in [5.74, 6) is -0.0583. The van der Waals surface area contributed by atoms with Crippen LogP contribution in [0.5, 0.6) is 5.88 Å². The standard InChI is InChI=1S/C11H16F3N3O/c1-7(2)4-3-5-18-9-6-8(11(12,13)14)16-10(15)17-9/h6-7H,3-5H2,1-2H3,(H2,15,16,17). The summed E-state index contributed by atoms with van der Waals surface area (Å²) in [6.45, 7) is 4.43. The third-order valence-corrected chi connectivity index (χ3v) is 2.19. The van der Waals surface area contributed by atoms with Crippen LogP contribution < -0.4 is 10.5 Å². The van der Waals surface area contributed by atoms with Gasteiger partial charge >= 0.3 is 6.18 Å². The number of halogens is 3. The lowest BCUT2D eigenvalue weighted by Crippen LogP contribution is -2.12. The first-order chi connectivity index (χ1) is 8.29. The summed E-state index contributed by atoms with van der Waals surface area (Å²) in [7, 11) is 0. The molecule has 4 nitrogen and oxygen atoms in total. The van der Waals surface area contributed by atoms with Crippen molar-refractivity contribution in [3.8, 4) is 5.88 Å². The van der Waals surface area contributed by atoms with Gasteiger partial charge in [-0.25, -0.2) is 4.98 Å². The second-order valence-corrected chi connectivity index (χ2v) is 4.33. The number of hydrogen-bond acceptors (Lipinski definition) is 4. The van der Waals surface area contributed by atoms with Crippen LogP contribution in [0.25, 0.3) is 0 Å². The molecule has 18 heavy (non-hydrogen) atoms. The molecule has 1 heterocycles. The van der Waals surface area contributed by atoms with Crippen molar-refractivity contribution in [3.63, 3.8) is 0 Å². The largest absolute Gasteiger partial charge is 0.478 e. The van der Waals surface area contributed by atoms with Crippen molar-refractivity contribution in [1.29, 1.82) is 0 Å². The van der Waals surface area contributed by atoms with Gasteiger partial charge in [0.2, 0.25) is 11.8 Å². The highest BCUT2D eigenvalue weighted by molar-refractivity contribution is 5.27. The first-order valence-electron chi connectivity index (χ1n) is 5.63. The molecule has 102 valence electrons. The summed E-state index contributed by atoms with van der Waals surface area (Å²) >= 11 is 0. The molecule has 0 unspecified atom stereocenters. The molecule has 1 aromatic rings. The predicted molar refractivity (Wildman–Crippen MR) is 61.0 cm³/mol. The maximum absolute atomic E-state index is 12.4. The Hall–Kier alpha value is -1.53. The lowest BCUT2D eigenvalue weighted by Gasteiger charge is -2.10. The summed E-state index contributed by atoms with van der Waals surface area (Å²) in [4.78, 5) is 6.73. The Balaban J connectivity index is 2.63. The smallest absolute Gasteiger partial charge is 0.433 e. The van der Waals surface area contributed by atoms with Gasteiger partial charge in [-0.1, -0.05) is 13.8 Å². The van der Waals surface area contributed by atoms with E-state index < -0.39 is 17.8 Å². The second-order valence-electron chi connectivity index (χ2n) is 4.33. The fourth-order valence-electron chi connectivity index (χ4n) is 1.33. The SMILES string of the molecule is CC(C)CCCOc1cc(C(F)(F)F)nc(N)n1. The van der Waals surface area contributed by atoms with Gasteiger partial charge in [-0.05, 0) is 18.8 Å². The number of alkyl halides is 3. The van der Waals surface area contributed by atoms with E-state index in [0.29, 0.717) is 12.5 Å². The molecular formula is C11H16F3N3O. The van der Waals surface area contributed by atoms with Gasteiger partial charge < -0.3 is 10.5 Å². The highest BCUT2D eigenvalue weighted by Crippen LogP contribution is 2.29. The molecule has 0 aliphatic carbocycles. The Morgan fingerprint density at radius 3 is 2.56 bits per heavy atom. The number of rotatable bonds is 5. The van der Waals surface area contributed by atoms with Crippen LogP contribution in [0.1, 0.15) is 32.4 Å². The van der Waals surface area contributed by atoms with Gasteiger partial charge in [0.1, 0.15) is 0 Å². The molecule has 0 aliphatic rings. The number of aromatic nitrogens is 2. The van der Waals surface area contributed by atoms with Crippen molar-refractivity contribution in [3.05, 3.63) is 11.8 Å². The number of hydrogen-bond donors (Lipinski definition) is 1. The third-order valence-electron chi connectivity index (χ3n) is 2.19. The molecule has 0 aromatic carbocycles. The van der Waals surface area contributed by atoms with E-state index >= 15 is 0 Å². The quantitative estimate of drug-likeness (QED) is 0.830. The van der Waals surface area contributed by atoms with Gasteiger partial charge in [-0.15, -0.1) is 0 Å². The second kappa shape index (κ2) is 5.88. The van der Waals surface area contributed by atoms with E-state index in [0.717, 1.165) is 18.9 Å². The predicted octanol–water partition coefficient (Wildman–Crippen LogP) is 2.89. The molecule has 0 amide bonds. The third kappa shape index (κ3) is 4.77. The van der Waals surface area contributed by atoms with Crippen LogP contribution in [0.4, 0.5) is 19.1 Å². The molecule has 0 spiro atoms. The zero-order chi connectivity index (χ0) is 13.8. The van der Waals surface area contributed by atoms with E-state index in [4.69, 9.17) is 10.5 Å². The van der Waals surface area contributed by atoms with E-state index in [1.54, 1.807) is 0 Å². The van der Waals surface area contributed by atoms with E-state index in [1.165, 1.54) is 0 Å². The zero-order valence-corrected chi connectivity index (χ0v) is 10.3. The minimum absolute atomic E-state index is 0.140. The first kappa shape index (κ1) is 14.5. The lowest BCUT2D eigenvalue weighted by molar-refractivity contribution is -0.141. The van der Waals surface area contributed by atoms with Gasteiger partial charge in [0.15, 0.2) is 5.69 Å². The van der Waals surface area contributed by atoms with E-state index in [1.807, 2.05) is 0 Å². The van der Waals surface area contributed by atoms with Crippen LogP contribution in [-0.2, 0) is 6.18 Å². The van der Waals surface area contributed by atoms with Crippen LogP contribution in [0.2, 0.25) is 0 Å². The molecule has 0 saturated heterocycles. The molecule has 7 heteroatoms. The van der Waals surface area contributed by atoms with E-state index in [9.17, 15) is 13.2 Å². The highest BCUT2D eigenvalue weighted by atomic mass is 19.4. The molecular weight excluding hydrogens is 247 g/mol. The molecule has 0 radical (unpaired) electrons. The van der Waals surface area contributed by atoms with E-state index in [2.05, 4.69) is 23.8 Å². The number of ether oxygens (including phenoxy) is 1. The normalized spacial score (nSPS) is 11.9. The number of nitrogens with two attached hydrogens (primary N) is 1. The molecule has 1 aromatic heterocycles. The Morgan fingerprint density at radius 2 is 2.00 bits per heavy atom. The average molecular weight is 263 g/mol. The fourth-order valence-corrected chi connectivity index (χ4v) is 1.33. The highest BCUT2D eigenvalue weighted by Gasteiger charge is 2.33. The van der Waals surface area contributed by atoms with Crippen LogP contribution >= 0.6 is 0 Å². The summed E-state index contributed by atoms with van der Waals surface area (Å²) < 4.78 is 42.5. The van der Waals surface area contributed by atoms with Gasteiger partial charge in [-0.2, -0.15) is 18.2 Å². The molecule has 0 bridgehead atoms. The molecule has 2 N–H and O–H groups in total. The average Bonchev–Trinajstić information content (AvgIpc) is 2.22. The molecule has 0 aliphatic heterocycles. The van der Waals surface area contributed by atoms with Crippen LogP contribution in [0.15, 0.2) is 6.07 Å². The van der Waals surface area contributed by atoms with Crippen molar-refractivity contribution in [1.82, 2.24) is 9.97 Å². The van der Waals surface area contributed by atoms with Gasteiger partial charge in [0, 0.05) is 6.07 Å². The molecule has 1 rings (SSSR count). The van der Waals surface area contributed by atoms with Gasteiger partial charge in [-0.3, -0.25) is 0 Å². The van der Waals surface area contributed by atoms with Gasteiger partial charge in [0.05, 0.1) is 6.61 Å². The van der Waals surface area contributed by atoms with Crippen LogP contribution in [-0.4, -0.2) is 16.6 Å². The zero-order valence-electron chi connectivity index (χ0n) is 10.3. The van der Waals surface area contributed by atoms with Crippen LogP contribution in [0, 0.1) is 5.92 Å². The first-order valence-corrected chi connectivity index (χ1v) is 5.63. The number of nitrogens with zero attached hydrogens (tertiary/aromatic N) is 2. The monoisotopic (exact) mass is 263 g/mol. The van der Waals surface area contributed by atoms with Crippen molar-refractivity contribution >= 4 is 5.95 Å². The number of nitrogen functional groups attached to an aromatic ring is 1. The van der Waals surface area contributed by atoms with Crippen LogP contribution in [0.3, 0.4) is 0 Å². The van der Waals surface area contributed by atoms with Crippen molar-refractivity contribution in [2.75, 3.05) is 12.3 Å². The maximum Gasteiger partial charge on any atom is 0.433 e. The Bertz CT molecular complexity index is 394. The topological polar surface area (TPSA) is 61.0 Å². The van der Waals surface area contributed by atoms with Crippen molar-refractivity contribution < 1.29 is 17.9 Å². The lowest BCUT2D eigenvalue weighted by atomic mass is 10.1. The Kier molecular flexibility index (Phi) is 4.75. The Labute approximate surface area is 103 Å². The fraction of sp³-hybridized carbons (Fsp3) is 0.636. The number of anilines is 1. The van der Waals surface area contributed by atoms with Crippen molar-refractivity contribution in [2.45, 2.75) is 32.9 Å². The molecule has 0 saturated carbocycles. The summed E-state index contributed by atoms with van der Waals surface area (Å²) in [5, 5.41) is 0. The molecule has 0 fully saturated rings. The van der Waals surface area contributed by atoms with E-state index in [-0.39, 0.29) is 5.88 Å². The maximum atomic E-state index is 12.4. The van der Waals surface area contributed by atoms with Gasteiger partial charge in [0.25, 0.3) is 0 Å². The summed E-state index contributed by atoms with van der Waals surface area (Å²) in [5.41, 5.74) is 4.12. The minimum atomic E-state index is -4.55. The molecule has 0 atom stereocenters. The summed E-state index contributed by atoms with van der Waals surface area (Å²) in [6.07, 6.45) is -2.86. The summed E-state index contributed by atoms with van der Waals surface area (Å²) in [6, 6.07) is 0.756. The Morgan fingerprint density at radius 1 is 1.33 bits per heavy atom.